The second-order valence-corrected chi connectivity index (χ2v) is 8.01. The third-order valence-corrected chi connectivity index (χ3v) is 5.12. The van der Waals surface area contributed by atoms with Gasteiger partial charge in [0.1, 0.15) is 11.6 Å². The Morgan fingerprint density at radius 2 is 1.68 bits per heavy atom. The SMILES string of the molecule is CC(C)CCCC(C)CCOc1cccc(-c2cc(CO)c(F)cc2CO)c1. The van der Waals surface area contributed by atoms with Gasteiger partial charge in [0, 0.05) is 5.56 Å². The van der Waals surface area contributed by atoms with E-state index in [1.165, 1.54) is 25.3 Å². The molecule has 154 valence electrons. The van der Waals surface area contributed by atoms with Gasteiger partial charge in [-0.15, -0.1) is 0 Å². The van der Waals surface area contributed by atoms with E-state index in [0.717, 1.165) is 23.7 Å². The van der Waals surface area contributed by atoms with Crippen LogP contribution in [-0.4, -0.2) is 16.8 Å². The number of ether oxygens (including phenoxy) is 1. The maximum Gasteiger partial charge on any atom is 0.129 e. The van der Waals surface area contributed by atoms with Crippen molar-refractivity contribution in [2.24, 2.45) is 11.8 Å². The van der Waals surface area contributed by atoms with Crippen LogP contribution in [0.3, 0.4) is 0 Å². The van der Waals surface area contributed by atoms with Gasteiger partial charge < -0.3 is 14.9 Å². The third-order valence-electron chi connectivity index (χ3n) is 5.12. The van der Waals surface area contributed by atoms with E-state index in [-0.39, 0.29) is 18.8 Å². The molecule has 0 fully saturated rings. The fourth-order valence-electron chi connectivity index (χ4n) is 3.33. The zero-order valence-corrected chi connectivity index (χ0v) is 17.2. The molecule has 2 aromatic carbocycles. The minimum atomic E-state index is -0.505. The molecule has 2 rings (SSSR count). The lowest BCUT2D eigenvalue weighted by Gasteiger charge is -2.15. The number of aliphatic hydroxyl groups is 2. The molecule has 0 bridgehead atoms. The third kappa shape index (κ3) is 6.61. The molecule has 2 aromatic rings. The summed E-state index contributed by atoms with van der Waals surface area (Å²) in [5.41, 5.74) is 2.25. The standard InChI is InChI=1S/C24H33FO3/c1-17(2)6-4-7-18(3)10-11-28-22-9-5-8-19(12-22)23-13-21(16-27)24(25)14-20(23)15-26/h5,8-9,12-14,17-18,26-27H,4,6-7,10-11,15-16H2,1-3H3. The van der Waals surface area contributed by atoms with Gasteiger partial charge in [0.2, 0.25) is 0 Å². The van der Waals surface area contributed by atoms with Crippen LogP contribution in [-0.2, 0) is 13.2 Å². The zero-order valence-electron chi connectivity index (χ0n) is 17.2. The van der Waals surface area contributed by atoms with Crippen LogP contribution in [0.25, 0.3) is 11.1 Å². The van der Waals surface area contributed by atoms with Gasteiger partial charge in [-0.1, -0.05) is 52.2 Å². The molecule has 2 N–H and O–H groups in total. The van der Waals surface area contributed by atoms with Gasteiger partial charge in [0.05, 0.1) is 19.8 Å². The fourth-order valence-corrected chi connectivity index (χ4v) is 3.33. The molecular weight excluding hydrogens is 355 g/mol. The highest BCUT2D eigenvalue weighted by atomic mass is 19.1. The van der Waals surface area contributed by atoms with Crippen molar-refractivity contribution in [2.75, 3.05) is 6.61 Å². The Balaban J connectivity index is 2.01. The molecular formula is C24H33FO3. The average molecular weight is 389 g/mol. The first-order chi connectivity index (χ1) is 13.4. The summed E-state index contributed by atoms with van der Waals surface area (Å²) in [7, 11) is 0. The predicted octanol–water partition coefficient (Wildman–Crippen LogP) is 5.71. The molecule has 0 heterocycles. The molecule has 0 aromatic heterocycles. The first-order valence-corrected chi connectivity index (χ1v) is 10.2. The largest absolute Gasteiger partial charge is 0.494 e. The number of benzene rings is 2. The van der Waals surface area contributed by atoms with Gasteiger partial charge in [0.25, 0.3) is 0 Å². The Hall–Kier alpha value is -1.91. The molecule has 4 heteroatoms. The summed E-state index contributed by atoms with van der Waals surface area (Å²) in [6, 6.07) is 10.5. The van der Waals surface area contributed by atoms with E-state index >= 15 is 0 Å². The van der Waals surface area contributed by atoms with Gasteiger partial charge in [-0.25, -0.2) is 4.39 Å². The zero-order chi connectivity index (χ0) is 20.5. The summed E-state index contributed by atoms with van der Waals surface area (Å²) in [6.07, 6.45) is 4.76. The molecule has 1 atom stereocenters. The minimum Gasteiger partial charge on any atom is -0.494 e. The second-order valence-electron chi connectivity index (χ2n) is 8.01. The topological polar surface area (TPSA) is 49.7 Å². The van der Waals surface area contributed by atoms with Gasteiger partial charge in [-0.05, 0) is 59.2 Å². The quantitative estimate of drug-likeness (QED) is 0.518. The molecule has 0 radical (unpaired) electrons. The Morgan fingerprint density at radius 3 is 2.36 bits per heavy atom. The van der Waals surface area contributed by atoms with Crippen molar-refractivity contribution in [3.63, 3.8) is 0 Å². The molecule has 28 heavy (non-hydrogen) atoms. The first kappa shape index (κ1) is 22.4. The lowest BCUT2D eigenvalue weighted by molar-refractivity contribution is 0.272. The Morgan fingerprint density at radius 1 is 0.929 bits per heavy atom. The van der Waals surface area contributed by atoms with Crippen molar-refractivity contribution in [2.45, 2.75) is 59.7 Å². The monoisotopic (exact) mass is 388 g/mol. The van der Waals surface area contributed by atoms with Gasteiger partial charge in [0.15, 0.2) is 0 Å². The normalized spacial score (nSPS) is 12.4. The van der Waals surface area contributed by atoms with Crippen molar-refractivity contribution in [3.8, 4) is 16.9 Å². The lowest BCUT2D eigenvalue weighted by Crippen LogP contribution is -2.05. The van der Waals surface area contributed by atoms with Crippen LogP contribution in [0.5, 0.6) is 5.75 Å². The number of hydrogen-bond donors (Lipinski definition) is 2. The Bertz CT molecular complexity index is 743. The number of halogens is 1. The van der Waals surface area contributed by atoms with E-state index in [1.807, 2.05) is 24.3 Å². The highest BCUT2D eigenvalue weighted by Gasteiger charge is 2.12. The number of hydrogen-bond acceptors (Lipinski definition) is 3. The van der Waals surface area contributed by atoms with Crippen LogP contribution >= 0.6 is 0 Å². The average Bonchev–Trinajstić information content (AvgIpc) is 2.67. The predicted molar refractivity (Wildman–Crippen MR) is 112 cm³/mol. The van der Waals surface area contributed by atoms with Crippen molar-refractivity contribution < 1.29 is 19.3 Å². The highest BCUT2D eigenvalue weighted by molar-refractivity contribution is 5.69. The van der Waals surface area contributed by atoms with E-state index in [1.54, 1.807) is 6.07 Å². The van der Waals surface area contributed by atoms with Crippen LogP contribution in [0.15, 0.2) is 36.4 Å². The fraction of sp³-hybridized carbons (Fsp3) is 0.500. The number of aliphatic hydroxyl groups excluding tert-OH is 2. The summed E-state index contributed by atoms with van der Waals surface area (Å²) in [4.78, 5) is 0. The van der Waals surface area contributed by atoms with E-state index < -0.39 is 5.82 Å². The molecule has 0 spiro atoms. The molecule has 0 saturated heterocycles. The molecule has 0 saturated carbocycles. The van der Waals surface area contributed by atoms with Crippen LogP contribution < -0.4 is 4.74 Å². The summed E-state index contributed by atoms with van der Waals surface area (Å²) in [5, 5.41) is 18.9. The lowest BCUT2D eigenvalue weighted by atomic mass is 9.97. The molecule has 0 aliphatic rings. The van der Waals surface area contributed by atoms with Crippen LogP contribution in [0.4, 0.5) is 4.39 Å². The van der Waals surface area contributed by atoms with Crippen molar-refractivity contribution in [3.05, 3.63) is 53.3 Å². The van der Waals surface area contributed by atoms with Crippen molar-refractivity contribution in [1.29, 1.82) is 0 Å². The van der Waals surface area contributed by atoms with Crippen molar-refractivity contribution in [1.82, 2.24) is 0 Å². The highest BCUT2D eigenvalue weighted by Crippen LogP contribution is 2.30. The molecule has 0 aliphatic carbocycles. The summed E-state index contributed by atoms with van der Waals surface area (Å²) in [5.74, 6) is 1.64. The van der Waals surface area contributed by atoms with Gasteiger partial charge in [-0.3, -0.25) is 0 Å². The van der Waals surface area contributed by atoms with Crippen LogP contribution in [0.1, 0.15) is 57.6 Å². The first-order valence-electron chi connectivity index (χ1n) is 10.2. The van der Waals surface area contributed by atoms with Gasteiger partial charge in [-0.2, -0.15) is 0 Å². The summed E-state index contributed by atoms with van der Waals surface area (Å²) < 4.78 is 19.8. The van der Waals surface area contributed by atoms with Gasteiger partial charge >= 0.3 is 0 Å². The molecule has 1 unspecified atom stereocenters. The van der Waals surface area contributed by atoms with E-state index in [9.17, 15) is 14.6 Å². The maximum atomic E-state index is 13.9. The Labute approximate surface area is 168 Å². The van der Waals surface area contributed by atoms with Crippen LogP contribution in [0, 0.1) is 17.7 Å². The smallest absolute Gasteiger partial charge is 0.129 e. The van der Waals surface area contributed by atoms with Crippen LogP contribution in [0.2, 0.25) is 0 Å². The second kappa shape index (κ2) is 11.2. The maximum absolute atomic E-state index is 13.9. The molecule has 0 amide bonds. The molecule has 0 aliphatic heterocycles. The van der Waals surface area contributed by atoms with E-state index in [4.69, 9.17) is 4.74 Å². The Kier molecular flexibility index (Phi) is 8.94. The van der Waals surface area contributed by atoms with E-state index in [2.05, 4.69) is 20.8 Å². The van der Waals surface area contributed by atoms with Crippen molar-refractivity contribution >= 4 is 0 Å². The summed E-state index contributed by atoms with van der Waals surface area (Å²) in [6.45, 7) is 6.79. The van der Waals surface area contributed by atoms with E-state index in [0.29, 0.717) is 23.7 Å². The summed E-state index contributed by atoms with van der Waals surface area (Å²) >= 11 is 0. The number of rotatable bonds is 11. The molecule has 3 nitrogen and oxygen atoms in total. The minimum absolute atomic E-state index is 0.216.